The van der Waals surface area contributed by atoms with Gasteiger partial charge in [-0.2, -0.15) is 0 Å². The summed E-state index contributed by atoms with van der Waals surface area (Å²) >= 11 is 0. The molecule has 5 heteroatoms. The molecule has 0 radical (unpaired) electrons. The van der Waals surface area contributed by atoms with Gasteiger partial charge in [0.25, 0.3) is 0 Å². The molecule has 0 spiro atoms. The summed E-state index contributed by atoms with van der Waals surface area (Å²) in [7, 11) is 0. The van der Waals surface area contributed by atoms with Crippen molar-refractivity contribution in [2.45, 2.75) is 65.1 Å². The number of hydrogen-bond donors (Lipinski definition) is 1. The number of piperidine rings is 1. The molecule has 2 aliphatic rings. The van der Waals surface area contributed by atoms with Crippen molar-refractivity contribution in [3.63, 3.8) is 0 Å². The summed E-state index contributed by atoms with van der Waals surface area (Å²) in [5, 5.41) is 3.43. The number of ether oxygens (including phenoxy) is 1. The molecule has 0 aromatic carbocycles. The molecule has 2 saturated heterocycles. The lowest BCUT2D eigenvalue weighted by Gasteiger charge is -2.46. The number of rotatable bonds is 2. The maximum Gasteiger partial charge on any atom is 0.410 e. The van der Waals surface area contributed by atoms with Crippen LogP contribution in [-0.2, 0) is 4.74 Å². The molecule has 1 amide bonds. The van der Waals surface area contributed by atoms with E-state index in [1.165, 1.54) is 12.8 Å². The van der Waals surface area contributed by atoms with Crippen molar-refractivity contribution in [2.24, 2.45) is 5.92 Å². The van der Waals surface area contributed by atoms with Crippen LogP contribution >= 0.6 is 0 Å². The van der Waals surface area contributed by atoms with E-state index in [0.29, 0.717) is 12.1 Å². The molecule has 1 N–H and O–H groups in total. The molecule has 2 unspecified atom stereocenters. The second-order valence-electron chi connectivity index (χ2n) is 7.97. The molecule has 2 aliphatic heterocycles. The minimum Gasteiger partial charge on any atom is -0.444 e. The van der Waals surface area contributed by atoms with Crippen molar-refractivity contribution in [3.05, 3.63) is 0 Å². The molecule has 0 saturated carbocycles. The van der Waals surface area contributed by atoms with Gasteiger partial charge in [-0.1, -0.05) is 0 Å². The Labute approximate surface area is 135 Å². The van der Waals surface area contributed by atoms with Crippen molar-refractivity contribution in [3.8, 4) is 0 Å². The Morgan fingerprint density at radius 3 is 2.18 bits per heavy atom. The summed E-state index contributed by atoms with van der Waals surface area (Å²) in [5.41, 5.74) is -0.421. The minimum absolute atomic E-state index is 0.173. The molecule has 128 valence electrons. The summed E-state index contributed by atoms with van der Waals surface area (Å²) in [4.78, 5) is 16.7. The van der Waals surface area contributed by atoms with Gasteiger partial charge in [0.05, 0.1) is 0 Å². The smallest absolute Gasteiger partial charge is 0.410 e. The summed E-state index contributed by atoms with van der Waals surface area (Å²) in [6, 6.07) is 0.789. The van der Waals surface area contributed by atoms with Gasteiger partial charge in [-0.3, -0.25) is 4.90 Å². The van der Waals surface area contributed by atoms with Crippen LogP contribution in [0, 0.1) is 5.92 Å². The molecular formula is C17H33N3O2. The molecular weight excluding hydrogens is 278 g/mol. The second-order valence-corrected chi connectivity index (χ2v) is 7.97. The Kier molecular flexibility index (Phi) is 5.72. The highest BCUT2D eigenvalue weighted by Gasteiger charge is 2.34. The Balaban J connectivity index is 1.89. The number of nitrogens with one attached hydrogen (secondary N) is 1. The van der Waals surface area contributed by atoms with Gasteiger partial charge < -0.3 is 15.0 Å². The second kappa shape index (κ2) is 7.18. The topological polar surface area (TPSA) is 44.8 Å². The van der Waals surface area contributed by atoms with E-state index in [-0.39, 0.29) is 6.09 Å². The zero-order valence-electron chi connectivity index (χ0n) is 14.9. The Morgan fingerprint density at radius 1 is 1.14 bits per heavy atom. The first-order valence-corrected chi connectivity index (χ1v) is 8.70. The molecule has 5 nitrogen and oxygen atoms in total. The van der Waals surface area contributed by atoms with Crippen molar-refractivity contribution in [2.75, 3.05) is 32.7 Å². The third kappa shape index (κ3) is 4.85. The Hall–Kier alpha value is -0.810. The summed E-state index contributed by atoms with van der Waals surface area (Å²) < 4.78 is 5.52. The van der Waals surface area contributed by atoms with Crippen LogP contribution in [0.25, 0.3) is 0 Å². The predicted octanol–water partition coefficient (Wildman–Crippen LogP) is 2.32. The fourth-order valence-electron chi connectivity index (χ4n) is 3.55. The standard InChI is InChI=1S/C17H33N3O2/c1-13-10-19(16(21)22-17(3,4)5)11-14(2)20(13)12-15-6-8-18-9-7-15/h13-15,18H,6-12H2,1-5H3. The van der Waals surface area contributed by atoms with Crippen LogP contribution in [0.5, 0.6) is 0 Å². The average Bonchev–Trinajstić information content (AvgIpc) is 2.42. The van der Waals surface area contributed by atoms with Crippen molar-refractivity contribution in [1.29, 1.82) is 0 Å². The van der Waals surface area contributed by atoms with Gasteiger partial charge in [-0.05, 0) is 66.5 Å². The van der Waals surface area contributed by atoms with Crippen molar-refractivity contribution in [1.82, 2.24) is 15.1 Å². The largest absolute Gasteiger partial charge is 0.444 e. The van der Waals surface area contributed by atoms with E-state index in [1.807, 2.05) is 25.7 Å². The fourth-order valence-corrected chi connectivity index (χ4v) is 3.55. The summed E-state index contributed by atoms with van der Waals surface area (Å²) in [6.07, 6.45) is 2.37. The first-order valence-electron chi connectivity index (χ1n) is 8.70. The SMILES string of the molecule is CC1CN(C(=O)OC(C)(C)C)CC(C)N1CC1CCNCC1. The van der Waals surface area contributed by atoms with E-state index in [9.17, 15) is 4.79 Å². The first kappa shape index (κ1) is 17.5. The maximum atomic E-state index is 12.3. The number of hydrogen-bond acceptors (Lipinski definition) is 4. The van der Waals surface area contributed by atoms with Crippen molar-refractivity contribution >= 4 is 6.09 Å². The molecule has 0 bridgehead atoms. The van der Waals surface area contributed by atoms with Crippen LogP contribution in [0.4, 0.5) is 4.79 Å². The molecule has 0 aromatic heterocycles. The van der Waals surface area contributed by atoms with E-state index in [1.54, 1.807) is 0 Å². The number of piperazine rings is 1. The normalized spacial score (nSPS) is 28.7. The quantitative estimate of drug-likeness (QED) is 0.850. The average molecular weight is 311 g/mol. The van der Waals surface area contributed by atoms with Gasteiger partial charge in [0.15, 0.2) is 0 Å². The van der Waals surface area contributed by atoms with Crippen molar-refractivity contribution < 1.29 is 9.53 Å². The number of nitrogens with zero attached hydrogens (tertiary/aromatic N) is 2. The molecule has 2 fully saturated rings. The molecule has 0 aromatic rings. The van der Waals surface area contributed by atoms with Crippen LogP contribution in [-0.4, -0.2) is 66.3 Å². The molecule has 22 heavy (non-hydrogen) atoms. The Bertz CT molecular complexity index is 363. The molecule has 2 atom stereocenters. The maximum absolute atomic E-state index is 12.3. The van der Waals surface area contributed by atoms with E-state index in [0.717, 1.165) is 38.6 Å². The Morgan fingerprint density at radius 2 is 1.68 bits per heavy atom. The van der Waals surface area contributed by atoms with Crippen LogP contribution in [0.1, 0.15) is 47.5 Å². The lowest BCUT2D eigenvalue weighted by molar-refractivity contribution is -0.0123. The zero-order valence-corrected chi connectivity index (χ0v) is 14.9. The third-order valence-corrected chi connectivity index (χ3v) is 4.68. The zero-order chi connectivity index (χ0) is 16.3. The van der Waals surface area contributed by atoms with Gasteiger partial charge in [-0.15, -0.1) is 0 Å². The van der Waals surface area contributed by atoms with E-state index in [2.05, 4.69) is 24.1 Å². The highest BCUT2D eigenvalue weighted by atomic mass is 16.6. The van der Waals surface area contributed by atoms with Gasteiger partial charge in [0.2, 0.25) is 0 Å². The van der Waals surface area contributed by atoms with E-state index >= 15 is 0 Å². The fraction of sp³-hybridized carbons (Fsp3) is 0.941. The highest BCUT2D eigenvalue weighted by molar-refractivity contribution is 5.68. The minimum atomic E-state index is -0.421. The van der Waals surface area contributed by atoms with Crippen LogP contribution < -0.4 is 5.32 Å². The monoisotopic (exact) mass is 311 g/mol. The summed E-state index contributed by atoms with van der Waals surface area (Å²) in [6.45, 7) is 15.2. The van der Waals surface area contributed by atoms with Gasteiger partial charge in [-0.25, -0.2) is 4.79 Å². The van der Waals surface area contributed by atoms with Gasteiger partial charge in [0.1, 0.15) is 5.60 Å². The molecule has 2 heterocycles. The van der Waals surface area contributed by atoms with Gasteiger partial charge in [0, 0.05) is 31.7 Å². The third-order valence-electron chi connectivity index (χ3n) is 4.68. The van der Waals surface area contributed by atoms with Crippen LogP contribution in [0.2, 0.25) is 0 Å². The number of carbonyl (C=O) groups excluding carboxylic acids is 1. The van der Waals surface area contributed by atoms with Gasteiger partial charge >= 0.3 is 6.09 Å². The lowest BCUT2D eigenvalue weighted by Crippen LogP contribution is -2.59. The first-order chi connectivity index (χ1) is 10.3. The van der Waals surface area contributed by atoms with E-state index in [4.69, 9.17) is 4.74 Å². The van der Waals surface area contributed by atoms with Crippen LogP contribution in [0.3, 0.4) is 0 Å². The van der Waals surface area contributed by atoms with Crippen LogP contribution in [0.15, 0.2) is 0 Å². The highest BCUT2D eigenvalue weighted by Crippen LogP contribution is 2.22. The molecule has 0 aliphatic carbocycles. The number of carbonyl (C=O) groups is 1. The lowest BCUT2D eigenvalue weighted by atomic mass is 9.95. The summed E-state index contributed by atoms with van der Waals surface area (Å²) in [5.74, 6) is 0.791. The number of amides is 1. The van der Waals surface area contributed by atoms with E-state index < -0.39 is 5.60 Å². The predicted molar refractivity (Wildman–Crippen MR) is 89.0 cm³/mol. The molecule has 2 rings (SSSR count).